The molecule has 2 aromatic heterocycles. The Bertz CT molecular complexity index is 1200. The van der Waals surface area contributed by atoms with Gasteiger partial charge >= 0.3 is 0 Å². The lowest BCUT2D eigenvalue weighted by Gasteiger charge is -2.37. The van der Waals surface area contributed by atoms with Crippen molar-refractivity contribution in [3.8, 4) is 0 Å². The normalized spacial score (nSPS) is 14.4. The highest BCUT2D eigenvalue weighted by atomic mass is 32.1. The molecule has 1 aliphatic rings. The van der Waals surface area contributed by atoms with Gasteiger partial charge in [-0.2, -0.15) is 0 Å². The fourth-order valence-electron chi connectivity index (χ4n) is 3.08. The molecular weight excluding hydrogens is 398 g/mol. The van der Waals surface area contributed by atoms with E-state index in [1.807, 2.05) is 24.3 Å². The molecule has 0 aliphatic carbocycles. The smallest absolute Gasteiger partial charge is 0.270 e. The summed E-state index contributed by atoms with van der Waals surface area (Å²) in [5.74, 6) is -0.223. The van der Waals surface area contributed by atoms with Crippen LogP contribution in [0, 0.1) is 16.0 Å². The van der Waals surface area contributed by atoms with Gasteiger partial charge in [0.1, 0.15) is 0 Å². The van der Waals surface area contributed by atoms with Crippen molar-refractivity contribution in [1.29, 1.82) is 0 Å². The minimum absolute atomic E-state index is 0.0134. The number of benzene rings is 2. The van der Waals surface area contributed by atoms with E-state index in [1.54, 1.807) is 17.4 Å². The number of aromatic nitrogens is 2. The maximum absolute atomic E-state index is 12.5. The molecule has 3 heterocycles. The standard InChI is InChI=1S/C18H13N5O3S2/c24-16(21-17-19-13-6-5-11(23(25)26)7-15(13)27-17)10-8-22(9-10)18-20-12-3-1-2-4-14(12)28-18/h1-7,10H,8-9H2,(H,19,21,24). The molecule has 10 heteroatoms. The average molecular weight is 411 g/mol. The molecule has 0 saturated carbocycles. The molecule has 1 fully saturated rings. The molecule has 0 atom stereocenters. The molecule has 28 heavy (non-hydrogen) atoms. The van der Waals surface area contributed by atoms with Crippen molar-refractivity contribution < 1.29 is 9.72 Å². The number of hydrogen-bond donors (Lipinski definition) is 1. The van der Waals surface area contributed by atoms with Crippen LogP contribution in [-0.2, 0) is 4.79 Å². The number of hydrogen-bond acceptors (Lipinski definition) is 8. The summed E-state index contributed by atoms with van der Waals surface area (Å²) in [4.78, 5) is 34.0. The first-order chi connectivity index (χ1) is 13.6. The zero-order valence-electron chi connectivity index (χ0n) is 14.4. The summed E-state index contributed by atoms with van der Waals surface area (Å²) in [6, 6.07) is 12.5. The van der Waals surface area contributed by atoms with Gasteiger partial charge in [-0.1, -0.05) is 34.8 Å². The molecule has 5 rings (SSSR count). The van der Waals surface area contributed by atoms with E-state index in [-0.39, 0.29) is 17.5 Å². The zero-order valence-corrected chi connectivity index (χ0v) is 16.0. The summed E-state index contributed by atoms with van der Waals surface area (Å²) in [5.41, 5.74) is 1.62. The van der Waals surface area contributed by atoms with Crippen molar-refractivity contribution in [3.63, 3.8) is 0 Å². The van der Waals surface area contributed by atoms with Gasteiger partial charge in [0.25, 0.3) is 5.69 Å². The number of rotatable bonds is 4. The molecule has 0 bridgehead atoms. The Morgan fingerprint density at radius 3 is 2.68 bits per heavy atom. The van der Waals surface area contributed by atoms with Crippen molar-refractivity contribution in [2.24, 2.45) is 5.92 Å². The number of fused-ring (bicyclic) bond motifs is 2. The van der Waals surface area contributed by atoms with Crippen LogP contribution in [0.4, 0.5) is 16.0 Å². The average Bonchev–Trinajstić information content (AvgIpc) is 3.22. The third-order valence-corrected chi connectivity index (χ3v) is 6.65. The van der Waals surface area contributed by atoms with Gasteiger partial charge in [0, 0.05) is 25.2 Å². The molecule has 2 aromatic carbocycles. The van der Waals surface area contributed by atoms with E-state index in [2.05, 4.69) is 20.2 Å². The molecule has 1 saturated heterocycles. The first-order valence-corrected chi connectivity index (χ1v) is 10.2. The number of carbonyl (C=O) groups excluding carboxylic acids is 1. The van der Waals surface area contributed by atoms with Crippen molar-refractivity contribution in [2.45, 2.75) is 0 Å². The lowest BCUT2D eigenvalue weighted by atomic mass is 10.0. The highest BCUT2D eigenvalue weighted by Crippen LogP contribution is 2.34. The fourth-order valence-corrected chi connectivity index (χ4v) is 4.97. The number of thiazole rings is 2. The van der Waals surface area contributed by atoms with E-state index in [4.69, 9.17) is 0 Å². The van der Waals surface area contributed by atoms with Gasteiger partial charge in [-0.3, -0.25) is 14.9 Å². The largest absolute Gasteiger partial charge is 0.346 e. The molecule has 0 radical (unpaired) electrons. The van der Waals surface area contributed by atoms with Gasteiger partial charge in [-0.15, -0.1) is 0 Å². The summed E-state index contributed by atoms with van der Waals surface area (Å²) in [5, 5.41) is 15.1. The Balaban J connectivity index is 1.25. The second kappa shape index (κ2) is 6.50. The lowest BCUT2D eigenvalue weighted by molar-refractivity contribution is -0.384. The first-order valence-electron chi connectivity index (χ1n) is 8.53. The molecule has 8 nitrogen and oxygen atoms in total. The highest BCUT2D eigenvalue weighted by Gasteiger charge is 2.34. The van der Waals surface area contributed by atoms with E-state index in [1.165, 1.54) is 23.5 Å². The monoisotopic (exact) mass is 411 g/mol. The van der Waals surface area contributed by atoms with Crippen LogP contribution in [0.2, 0.25) is 0 Å². The van der Waals surface area contributed by atoms with Gasteiger partial charge < -0.3 is 10.2 Å². The van der Waals surface area contributed by atoms with Crippen LogP contribution in [0.1, 0.15) is 0 Å². The van der Waals surface area contributed by atoms with Crippen LogP contribution in [0.3, 0.4) is 0 Å². The van der Waals surface area contributed by atoms with Crippen molar-refractivity contribution in [2.75, 3.05) is 23.3 Å². The second-order valence-corrected chi connectivity index (χ2v) is 8.52. The second-order valence-electron chi connectivity index (χ2n) is 6.48. The predicted octanol–water partition coefficient (Wildman–Crippen LogP) is 3.89. The van der Waals surface area contributed by atoms with Gasteiger partial charge in [0.15, 0.2) is 10.3 Å². The van der Waals surface area contributed by atoms with Crippen LogP contribution in [0.25, 0.3) is 20.4 Å². The van der Waals surface area contributed by atoms with Crippen LogP contribution in [-0.4, -0.2) is 33.9 Å². The van der Waals surface area contributed by atoms with E-state index in [9.17, 15) is 14.9 Å². The SMILES string of the molecule is O=C(Nc1nc2ccc([N+](=O)[O-])cc2s1)C1CN(c2nc3ccccc3s2)C1. The van der Waals surface area contributed by atoms with Crippen LogP contribution < -0.4 is 10.2 Å². The topological polar surface area (TPSA) is 101 Å². The third kappa shape index (κ3) is 2.96. The summed E-state index contributed by atoms with van der Waals surface area (Å²) in [7, 11) is 0. The zero-order chi connectivity index (χ0) is 19.3. The molecule has 0 spiro atoms. The Kier molecular flexibility index (Phi) is 3.95. The number of para-hydroxylation sites is 1. The van der Waals surface area contributed by atoms with E-state index in [0.717, 1.165) is 15.3 Å². The Hall–Kier alpha value is -3.11. The Labute approximate surface area is 166 Å². The quantitative estimate of drug-likeness (QED) is 0.404. The maximum Gasteiger partial charge on any atom is 0.270 e. The predicted molar refractivity (Wildman–Crippen MR) is 110 cm³/mol. The minimum Gasteiger partial charge on any atom is -0.346 e. The molecule has 4 aromatic rings. The lowest BCUT2D eigenvalue weighted by Crippen LogP contribution is -2.52. The van der Waals surface area contributed by atoms with Crippen molar-refractivity contribution >= 4 is 65.0 Å². The van der Waals surface area contributed by atoms with E-state index >= 15 is 0 Å². The number of nitro benzene ring substituents is 1. The first kappa shape index (κ1) is 17.0. The Morgan fingerprint density at radius 2 is 1.89 bits per heavy atom. The molecule has 140 valence electrons. The van der Waals surface area contributed by atoms with Crippen LogP contribution >= 0.6 is 22.7 Å². The molecule has 0 unspecified atom stereocenters. The number of amides is 1. The van der Waals surface area contributed by atoms with Gasteiger partial charge in [-0.25, -0.2) is 9.97 Å². The summed E-state index contributed by atoms with van der Waals surface area (Å²) < 4.78 is 1.81. The number of carbonyl (C=O) groups is 1. The van der Waals surface area contributed by atoms with Gasteiger partial charge in [-0.05, 0) is 18.2 Å². The van der Waals surface area contributed by atoms with Crippen molar-refractivity contribution in [1.82, 2.24) is 9.97 Å². The molecular formula is C18H13N5O3S2. The number of non-ortho nitro benzene ring substituents is 1. The van der Waals surface area contributed by atoms with E-state index < -0.39 is 4.92 Å². The summed E-state index contributed by atoms with van der Waals surface area (Å²) >= 11 is 2.86. The molecule has 1 N–H and O–H groups in total. The number of anilines is 2. The number of nitro groups is 1. The van der Waals surface area contributed by atoms with E-state index in [0.29, 0.717) is 28.4 Å². The van der Waals surface area contributed by atoms with Gasteiger partial charge in [0.05, 0.1) is 31.3 Å². The molecule has 1 aliphatic heterocycles. The highest BCUT2D eigenvalue weighted by molar-refractivity contribution is 7.22. The summed E-state index contributed by atoms with van der Waals surface area (Å²) in [6.07, 6.45) is 0. The number of nitrogens with one attached hydrogen (secondary N) is 1. The minimum atomic E-state index is -0.442. The molecule has 1 amide bonds. The third-order valence-electron chi connectivity index (χ3n) is 4.62. The fraction of sp³-hybridized carbons (Fsp3) is 0.167. The number of nitrogens with zero attached hydrogens (tertiary/aromatic N) is 4. The van der Waals surface area contributed by atoms with Crippen LogP contribution in [0.15, 0.2) is 42.5 Å². The maximum atomic E-state index is 12.5. The van der Waals surface area contributed by atoms with Crippen molar-refractivity contribution in [3.05, 3.63) is 52.6 Å². The van der Waals surface area contributed by atoms with Gasteiger partial charge in [0.2, 0.25) is 5.91 Å². The summed E-state index contributed by atoms with van der Waals surface area (Å²) in [6.45, 7) is 1.23. The van der Waals surface area contributed by atoms with Crippen LogP contribution in [0.5, 0.6) is 0 Å². The Morgan fingerprint density at radius 1 is 1.11 bits per heavy atom.